The highest BCUT2D eigenvalue weighted by atomic mass is 16.1. The van der Waals surface area contributed by atoms with Gasteiger partial charge in [-0.1, -0.05) is 18.7 Å². The van der Waals surface area contributed by atoms with Gasteiger partial charge in [0.2, 0.25) is 0 Å². The van der Waals surface area contributed by atoms with Gasteiger partial charge in [0.15, 0.2) is 0 Å². The fraction of sp³-hybridized carbons (Fsp3) is 0.167. The molecule has 1 amide bonds. The molecule has 0 unspecified atom stereocenters. The number of aryl methyl sites for hydroxylation is 1. The van der Waals surface area contributed by atoms with Crippen LogP contribution in [0.5, 0.6) is 0 Å². The number of nitrogen functional groups attached to an aromatic ring is 1. The highest BCUT2D eigenvalue weighted by Crippen LogP contribution is 2.41. The summed E-state index contributed by atoms with van der Waals surface area (Å²) < 4.78 is 2.00. The third-order valence-corrected chi connectivity index (χ3v) is 5.30. The van der Waals surface area contributed by atoms with Gasteiger partial charge in [-0.05, 0) is 36.8 Å². The second kappa shape index (κ2) is 8.14. The molecular formula is C24H25N7O. The van der Waals surface area contributed by atoms with Gasteiger partial charge in [0.25, 0.3) is 5.91 Å². The number of anilines is 3. The molecule has 8 heteroatoms. The first-order chi connectivity index (χ1) is 15.3. The van der Waals surface area contributed by atoms with Gasteiger partial charge in [-0.2, -0.15) is 0 Å². The number of benzene rings is 1. The van der Waals surface area contributed by atoms with Crippen LogP contribution in [0.1, 0.15) is 6.92 Å². The fourth-order valence-corrected chi connectivity index (χ4v) is 3.64. The van der Waals surface area contributed by atoms with Crippen LogP contribution in [-0.4, -0.2) is 39.5 Å². The van der Waals surface area contributed by atoms with E-state index in [9.17, 15) is 4.79 Å². The summed E-state index contributed by atoms with van der Waals surface area (Å²) in [5.74, 6) is 1.06. The first-order valence-corrected chi connectivity index (χ1v) is 10.1. The molecule has 8 nitrogen and oxygen atoms in total. The zero-order valence-corrected chi connectivity index (χ0v) is 18.5. The van der Waals surface area contributed by atoms with E-state index in [1.807, 2.05) is 73.2 Å². The van der Waals surface area contributed by atoms with Crippen LogP contribution in [0.25, 0.3) is 33.4 Å². The number of fused-ring (bicyclic) bond motifs is 1. The summed E-state index contributed by atoms with van der Waals surface area (Å²) in [6.45, 7) is 5.35. The molecule has 0 fully saturated rings. The van der Waals surface area contributed by atoms with Crippen molar-refractivity contribution in [1.29, 1.82) is 0 Å². The number of amides is 1. The number of nitrogens with one attached hydrogen (secondary N) is 1. The monoisotopic (exact) mass is 427 g/mol. The van der Waals surface area contributed by atoms with Gasteiger partial charge in [0.05, 0.1) is 11.1 Å². The number of carbonyl (C=O) groups is 1. The SMILES string of the molecule is C=C(C)C(=O)Nc1ccc(-c2c(-c3ccc(N(C)C)nc3)c3c(N)ncnc3n2C)cc1. The van der Waals surface area contributed by atoms with E-state index >= 15 is 0 Å². The molecule has 1 aromatic carbocycles. The third kappa shape index (κ3) is 3.66. The van der Waals surface area contributed by atoms with Crippen LogP contribution < -0.4 is 16.0 Å². The lowest BCUT2D eigenvalue weighted by Gasteiger charge is -2.13. The van der Waals surface area contributed by atoms with E-state index < -0.39 is 0 Å². The summed E-state index contributed by atoms with van der Waals surface area (Å²) >= 11 is 0. The van der Waals surface area contributed by atoms with Gasteiger partial charge >= 0.3 is 0 Å². The molecule has 32 heavy (non-hydrogen) atoms. The van der Waals surface area contributed by atoms with E-state index in [0.29, 0.717) is 17.1 Å². The van der Waals surface area contributed by atoms with Crippen molar-refractivity contribution in [3.8, 4) is 22.4 Å². The minimum absolute atomic E-state index is 0.210. The molecule has 0 aliphatic carbocycles. The molecule has 0 atom stereocenters. The molecule has 0 radical (unpaired) electrons. The lowest BCUT2D eigenvalue weighted by Crippen LogP contribution is -2.11. The number of nitrogens with zero attached hydrogens (tertiary/aromatic N) is 5. The zero-order valence-electron chi connectivity index (χ0n) is 18.5. The number of pyridine rings is 1. The van der Waals surface area contributed by atoms with E-state index in [4.69, 9.17) is 5.73 Å². The molecule has 0 aliphatic rings. The Hall–Kier alpha value is -4.20. The topological polar surface area (TPSA) is 102 Å². The molecule has 4 aromatic rings. The number of rotatable bonds is 5. The number of hydrogen-bond donors (Lipinski definition) is 2. The predicted molar refractivity (Wildman–Crippen MR) is 129 cm³/mol. The second-order valence-electron chi connectivity index (χ2n) is 7.85. The van der Waals surface area contributed by atoms with Crippen LogP contribution in [0, 0.1) is 0 Å². The van der Waals surface area contributed by atoms with Gasteiger partial charge in [-0.25, -0.2) is 15.0 Å². The summed E-state index contributed by atoms with van der Waals surface area (Å²) in [7, 11) is 5.85. The van der Waals surface area contributed by atoms with Crippen molar-refractivity contribution in [2.24, 2.45) is 7.05 Å². The minimum atomic E-state index is -0.210. The van der Waals surface area contributed by atoms with E-state index in [1.165, 1.54) is 6.33 Å². The number of carbonyl (C=O) groups excluding carboxylic acids is 1. The molecule has 3 aromatic heterocycles. The summed E-state index contributed by atoms with van der Waals surface area (Å²) in [5.41, 5.74) is 11.9. The van der Waals surface area contributed by atoms with Crippen molar-refractivity contribution in [2.75, 3.05) is 30.0 Å². The molecule has 0 saturated heterocycles. The minimum Gasteiger partial charge on any atom is -0.383 e. The highest BCUT2D eigenvalue weighted by Gasteiger charge is 2.22. The third-order valence-electron chi connectivity index (χ3n) is 5.30. The van der Waals surface area contributed by atoms with Gasteiger partial charge in [0.1, 0.15) is 23.6 Å². The van der Waals surface area contributed by atoms with E-state index in [0.717, 1.165) is 39.2 Å². The number of nitrogens with two attached hydrogens (primary N) is 1. The Bertz CT molecular complexity index is 1320. The van der Waals surface area contributed by atoms with Crippen molar-refractivity contribution in [1.82, 2.24) is 19.5 Å². The summed E-state index contributed by atoms with van der Waals surface area (Å²) in [6.07, 6.45) is 3.30. The summed E-state index contributed by atoms with van der Waals surface area (Å²) in [6, 6.07) is 11.6. The second-order valence-corrected chi connectivity index (χ2v) is 7.85. The Labute approximate surface area is 186 Å². The lowest BCUT2D eigenvalue weighted by molar-refractivity contribution is -0.112. The van der Waals surface area contributed by atoms with Crippen LogP contribution in [0.3, 0.4) is 0 Å². The van der Waals surface area contributed by atoms with Crippen molar-refractivity contribution in [2.45, 2.75) is 6.92 Å². The molecule has 0 spiro atoms. The standard InChI is InChI=1S/C24H25N7O/c1-14(2)24(32)29-17-9-6-15(7-10-17)21-19(16-8-11-18(26-12-16)30(3)4)20-22(25)27-13-28-23(20)31(21)5/h6-13H,1H2,2-5H3,(H,29,32)(H2,25,27,28). The quantitative estimate of drug-likeness (QED) is 0.469. The average Bonchev–Trinajstić information content (AvgIpc) is 3.08. The van der Waals surface area contributed by atoms with Crippen molar-refractivity contribution in [3.05, 3.63) is 61.1 Å². The van der Waals surface area contributed by atoms with Crippen molar-refractivity contribution < 1.29 is 4.79 Å². The molecular weight excluding hydrogens is 402 g/mol. The van der Waals surface area contributed by atoms with E-state index in [-0.39, 0.29) is 5.91 Å². The Morgan fingerprint density at radius 2 is 1.75 bits per heavy atom. The molecule has 0 aliphatic heterocycles. The fourth-order valence-electron chi connectivity index (χ4n) is 3.64. The Morgan fingerprint density at radius 1 is 1.06 bits per heavy atom. The number of aromatic nitrogens is 4. The Balaban J connectivity index is 1.89. The average molecular weight is 428 g/mol. The van der Waals surface area contributed by atoms with Crippen LogP contribution in [0.4, 0.5) is 17.3 Å². The van der Waals surface area contributed by atoms with Crippen LogP contribution in [-0.2, 0) is 11.8 Å². The van der Waals surface area contributed by atoms with Gasteiger partial charge < -0.3 is 20.5 Å². The smallest absolute Gasteiger partial charge is 0.250 e. The van der Waals surface area contributed by atoms with Gasteiger partial charge in [-0.3, -0.25) is 4.79 Å². The highest BCUT2D eigenvalue weighted by molar-refractivity contribution is 6.08. The number of hydrogen-bond acceptors (Lipinski definition) is 6. The predicted octanol–water partition coefficient (Wildman–Crippen LogP) is 3.86. The van der Waals surface area contributed by atoms with Crippen molar-refractivity contribution in [3.63, 3.8) is 0 Å². The molecule has 3 heterocycles. The maximum Gasteiger partial charge on any atom is 0.250 e. The summed E-state index contributed by atoms with van der Waals surface area (Å²) in [5, 5.41) is 3.61. The molecule has 0 saturated carbocycles. The normalized spacial score (nSPS) is 10.9. The molecule has 162 valence electrons. The van der Waals surface area contributed by atoms with E-state index in [2.05, 4.69) is 26.8 Å². The molecule has 0 bridgehead atoms. The Morgan fingerprint density at radius 3 is 2.34 bits per heavy atom. The van der Waals surface area contributed by atoms with Crippen LogP contribution in [0.2, 0.25) is 0 Å². The van der Waals surface area contributed by atoms with Crippen LogP contribution in [0.15, 0.2) is 61.1 Å². The molecule has 4 rings (SSSR count). The Kier molecular flexibility index (Phi) is 5.36. The van der Waals surface area contributed by atoms with Crippen LogP contribution >= 0.6 is 0 Å². The maximum absolute atomic E-state index is 11.9. The van der Waals surface area contributed by atoms with Crippen molar-refractivity contribution >= 4 is 34.3 Å². The van der Waals surface area contributed by atoms with Gasteiger partial charge in [0, 0.05) is 49.7 Å². The zero-order chi connectivity index (χ0) is 23.0. The maximum atomic E-state index is 11.9. The molecule has 3 N–H and O–H groups in total. The summed E-state index contributed by atoms with van der Waals surface area (Å²) in [4.78, 5) is 27.2. The largest absolute Gasteiger partial charge is 0.383 e. The van der Waals surface area contributed by atoms with E-state index in [1.54, 1.807) is 6.92 Å². The lowest BCUT2D eigenvalue weighted by atomic mass is 10.00. The first-order valence-electron chi connectivity index (χ1n) is 10.1. The van der Waals surface area contributed by atoms with Gasteiger partial charge in [-0.15, -0.1) is 0 Å². The first kappa shape index (κ1) is 21.0.